The van der Waals surface area contributed by atoms with Crippen molar-refractivity contribution in [3.8, 4) is 0 Å². The number of nitrogens with two attached hydrogens (primary N) is 1. The molecule has 0 unspecified atom stereocenters. The molecule has 16 heavy (non-hydrogen) atoms. The van der Waals surface area contributed by atoms with Crippen molar-refractivity contribution < 1.29 is 17.8 Å². The van der Waals surface area contributed by atoms with E-state index in [4.69, 9.17) is 21.9 Å². The molecule has 0 aliphatic heterocycles. The van der Waals surface area contributed by atoms with Gasteiger partial charge in [-0.15, -0.1) is 11.6 Å². The zero-order valence-electron chi connectivity index (χ0n) is 7.97. The third kappa shape index (κ3) is 3.09. The van der Waals surface area contributed by atoms with Crippen molar-refractivity contribution in [3.63, 3.8) is 0 Å². The molecule has 0 spiro atoms. The van der Waals surface area contributed by atoms with Crippen LogP contribution in [0.4, 0.5) is 11.4 Å². The number of alkyl halides is 1. The van der Waals surface area contributed by atoms with Crippen LogP contribution in [0.2, 0.25) is 0 Å². The molecule has 0 fully saturated rings. The predicted octanol–water partition coefficient (Wildman–Crippen LogP) is 0.693. The molecule has 6 nitrogen and oxygen atoms in total. The third-order valence-electron chi connectivity index (χ3n) is 1.70. The smallest absolute Gasteiger partial charge is 0.296 e. The van der Waals surface area contributed by atoms with Gasteiger partial charge in [-0.3, -0.25) is 9.35 Å². The minimum atomic E-state index is -4.41. The maximum atomic E-state index is 10.9. The molecule has 0 atom stereocenters. The van der Waals surface area contributed by atoms with Gasteiger partial charge in [0.15, 0.2) is 0 Å². The summed E-state index contributed by atoms with van der Waals surface area (Å²) in [7, 11) is -4.41. The number of anilines is 2. The maximum absolute atomic E-state index is 10.9. The quantitative estimate of drug-likeness (QED) is 0.423. The first-order valence-corrected chi connectivity index (χ1v) is 6.05. The number of amides is 1. The molecular weight excluding hydrogens is 256 g/mol. The van der Waals surface area contributed by atoms with Crippen molar-refractivity contribution in [2.45, 2.75) is 4.90 Å². The van der Waals surface area contributed by atoms with Crippen LogP contribution in [0.3, 0.4) is 0 Å². The lowest BCUT2D eigenvalue weighted by Crippen LogP contribution is -2.13. The number of nitrogens with one attached hydrogen (secondary N) is 1. The summed E-state index contributed by atoms with van der Waals surface area (Å²) in [5.74, 6) is -0.751. The second-order valence-corrected chi connectivity index (χ2v) is 4.57. The van der Waals surface area contributed by atoms with Crippen molar-refractivity contribution in [1.29, 1.82) is 0 Å². The van der Waals surface area contributed by atoms with Gasteiger partial charge < -0.3 is 11.1 Å². The Morgan fingerprint density at radius 3 is 2.62 bits per heavy atom. The van der Waals surface area contributed by atoms with E-state index in [0.29, 0.717) is 0 Å². The Morgan fingerprint density at radius 1 is 1.50 bits per heavy atom. The molecule has 1 aromatic rings. The van der Waals surface area contributed by atoms with Crippen molar-refractivity contribution in [2.75, 3.05) is 16.9 Å². The van der Waals surface area contributed by atoms with Crippen molar-refractivity contribution in [2.24, 2.45) is 0 Å². The number of carbonyl (C=O) groups excluding carboxylic acids is 1. The van der Waals surface area contributed by atoms with E-state index in [2.05, 4.69) is 5.32 Å². The van der Waals surface area contributed by atoms with Crippen LogP contribution in [0.1, 0.15) is 0 Å². The first kappa shape index (κ1) is 12.8. The van der Waals surface area contributed by atoms with Crippen LogP contribution in [0.5, 0.6) is 0 Å². The molecule has 0 aliphatic rings. The van der Waals surface area contributed by atoms with E-state index < -0.39 is 20.9 Å². The van der Waals surface area contributed by atoms with Crippen LogP contribution in [-0.4, -0.2) is 24.8 Å². The molecule has 1 amide bonds. The number of rotatable bonds is 3. The maximum Gasteiger partial charge on any atom is 0.296 e. The van der Waals surface area contributed by atoms with E-state index in [1.807, 2.05) is 0 Å². The number of halogens is 1. The van der Waals surface area contributed by atoms with Crippen molar-refractivity contribution in [1.82, 2.24) is 0 Å². The fourth-order valence-electron chi connectivity index (χ4n) is 1.03. The van der Waals surface area contributed by atoms with Gasteiger partial charge in [0.25, 0.3) is 10.1 Å². The molecule has 1 rings (SSSR count). The second-order valence-electron chi connectivity index (χ2n) is 2.91. The number of hydrogen-bond acceptors (Lipinski definition) is 4. The van der Waals surface area contributed by atoms with E-state index >= 15 is 0 Å². The van der Waals surface area contributed by atoms with Gasteiger partial charge in [0.2, 0.25) is 5.91 Å². The zero-order valence-corrected chi connectivity index (χ0v) is 9.55. The second kappa shape index (κ2) is 4.69. The highest BCUT2D eigenvalue weighted by Gasteiger charge is 2.14. The van der Waals surface area contributed by atoms with Gasteiger partial charge in [0, 0.05) is 5.69 Å². The van der Waals surface area contributed by atoms with Crippen molar-refractivity contribution in [3.05, 3.63) is 18.2 Å². The van der Waals surface area contributed by atoms with Crippen LogP contribution in [0, 0.1) is 0 Å². The number of nitrogen functional groups attached to an aromatic ring is 1. The molecule has 0 radical (unpaired) electrons. The van der Waals surface area contributed by atoms with Gasteiger partial charge in [-0.2, -0.15) is 8.42 Å². The molecular formula is C8H9ClN2O4S. The Labute approximate surface area is 97.1 Å². The summed E-state index contributed by atoms with van der Waals surface area (Å²) in [5, 5.41) is 2.33. The Kier molecular flexibility index (Phi) is 3.74. The average molecular weight is 265 g/mol. The molecule has 88 valence electrons. The Bertz CT molecular complexity index is 515. The number of hydrogen-bond donors (Lipinski definition) is 3. The minimum Gasteiger partial charge on any atom is -0.398 e. The summed E-state index contributed by atoms with van der Waals surface area (Å²) in [5.41, 5.74) is 5.44. The molecule has 0 bridgehead atoms. The summed E-state index contributed by atoms with van der Waals surface area (Å²) in [4.78, 5) is 10.5. The summed E-state index contributed by atoms with van der Waals surface area (Å²) in [6, 6.07) is 3.70. The highest BCUT2D eigenvalue weighted by molar-refractivity contribution is 7.86. The van der Waals surface area contributed by atoms with Gasteiger partial charge in [-0.25, -0.2) is 0 Å². The lowest BCUT2D eigenvalue weighted by molar-refractivity contribution is -0.113. The average Bonchev–Trinajstić information content (AvgIpc) is 2.19. The third-order valence-corrected chi connectivity index (χ3v) is 2.85. The summed E-state index contributed by atoms with van der Waals surface area (Å²) in [6.07, 6.45) is 0. The largest absolute Gasteiger partial charge is 0.398 e. The van der Waals surface area contributed by atoms with Crippen LogP contribution >= 0.6 is 11.6 Å². The van der Waals surface area contributed by atoms with Gasteiger partial charge >= 0.3 is 0 Å². The van der Waals surface area contributed by atoms with Crippen LogP contribution in [-0.2, 0) is 14.9 Å². The van der Waals surface area contributed by atoms with E-state index in [1.165, 1.54) is 12.1 Å². The lowest BCUT2D eigenvalue weighted by Gasteiger charge is -2.06. The summed E-state index contributed by atoms with van der Waals surface area (Å²) >= 11 is 5.26. The Balaban J connectivity index is 3.13. The Morgan fingerprint density at radius 2 is 2.12 bits per heavy atom. The molecule has 8 heteroatoms. The summed E-state index contributed by atoms with van der Waals surface area (Å²) in [6.45, 7) is 0. The monoisotopic (exact) mass is 264 g/mol. The zero-order chi connectivity index (χ0) is 12.3. The first-order chi connectivity index (χ1) is 7.34. The van der Waals surface area contributed by atoms with E-state index in [9.17, 15) is 13.2 Å². The first-order valence-electron chi connectivity index (χ1n) is 4.07. The van der Waals surface area contributed by atoms with Crippen LogP contribution < -0.4 is 11.1 Å². The standard InChI is InChI=1S/C8H9ClN2O4S/c9-4-8(12)11-5-1-2-6(10)7(3-5)16(13,14)15/h1-3H,4,10H2,(H,11,12)(H,13,14,15). The lowest BCUT2D eigenvalue weighted by atomic mass is 10.3. The predicted molar refractivity (Wildman–Crippen MR) is 60.0 cm³/mol. The highest BCUT2D eigenvalue weighted by Crippen LogP contribution is 2.22. The normalized spacial score (nSPS) is 11.1. The fourth-order valence-corrected chi connectivity index (χ4v) is 1.74. The van der Waals surface area contributed by atoms with Gasteiger partial charge in [-0.1, -0.05) is 0 Å². The van der Waals surface area contributed by atoms with Crippen molar-refractivity contribution >= 4 is 39.0 Å². The van der Waals surface area contributed by atoms with Gasteiger partial charge in [0.05, 0.1) is 5.69 Å². The van der Waals surface area contributed by atoms with Gasteiger partial charge in [-0.05, 0) is 18.2 Å². The van der Waals surface area contributed by atoms with E-state index in [-0.39, 0.29) is 17.3 Å². The van der Waals surface area contributed by atoms with Crippen LogP contribution in [0.25, 0.3) is 0 Å². The molecule has 0 aliphatic carbocycles. The Hall–Kier alpha value is -1.31. The molecule has 0 saturated heterocycles. The van der Waals surface area contributed by atoms with E-state index in [0.717, 1.165) is 6.07 Å². The SMILES string of the molecule is Nc1ccc(NC(=O)CCl)cc1S(=O)(=O)O. The fraction of sp³-hybridized carbons (Fsp3) is 0.125. The molecule has 0 aromatic heterocycles. The van der Waals surface area contributed by atoms with Gasteiger partial charge in [0.1, 0.15) is 10.8 Å². The minimum absolute atomic E-state index is 0.105. The molecule has 0 heterocycles. The molecule has 4 N–H and O–H groups in total. The molecule has 1 aromatic carbocycles. The highest BCUT2D eigenvalue weighted by atomic mass is 35.5. The van der Waals surface area contributed by atoms with E-state index in [1.54, 1.807) is 0 Å². The number of benzene rings is 1. The number of carbonyl (C=O) groups is 1. The topological polar surface area (TPSA) is 109 Å². The molecule has 0 saturated carbocycles. The van der Waals surface area contributed by atoms with Crippen LogP contribution in [0.15, 0.2) is 23.1 Å². The summed E-state index contributed by atoms with van der Waals surface area (Å²) < 4.78 is 30.6.